The summed E-state index contributed by atoms with van der Waals surface area (Å²) in [5.74, 6) is 0.134. The zero-order valence-corrected chi connectivity index (χ0v) is 17.5. The predicted octanol–water partition coefficient (Wildman–Crippen LogP) is 4.57. The molecule has 160 valence electrons. The average Bonchev–Trinajstić information content (AvgIpc) is 3.42. The van der Waals surface area contributed by atoms with Crippen molar-refractivity contribution in [3.05, 3.63) is 83.6 Å². The van der Waals surface area contributed by atoms with Crippen molar-refractivity contribution in [2.24, 2.45) is 0 Å². The maximum Gasteiger partial charge on any atom is 0.256 e. The van der Waals surface area contributed by atoms with Crippen LogP contribution in [0.25, 0.3) is 10.8 Å². The zero-order valence-electron chi connectivity index (χ0n) is 17.5. The minimum Gasteiger partial charge on any atom is -0.354 e. The van der Waals surface area contributed by atoms with Crippen LogP contribution in [-0.2, 0) is 6.42 Å². The molecule has 32 heavy (non-hydrogen) atoms. The fourth-order valence-electron chi connectivity index (χ4n) is 4.94. The van der Waals surface area contributed by atoms with E-state index in [0.29, 0.717) is 11.9 Å². The number of halogens is 1. The van der Waals surface area contributed by atoms with Crippen molar-refractivity contribution < 1.29 is 9.18 Å². The van der Waals surface area contributed by atoms with E-state index in [1.165, 1.54) is 11.6 Å². The largest absolute Gasteiger partial charge is 0.354 e. The van der Waals surface area contributed by atoms with E-state index in [0.717, 1.165) is 59.9 Å². The molecule has 2 aliphatic rings. The normalized spacial score (nSPS) is 16.0. The van der Waals surface area contributed by atoms with Crippen LogP contribution in [-0.4, -0.2) is 33.8 Å². The van der Waals surface area contributed by atoms with Crippen LogP contribution in [0, 0.1) is 5.82 Å². The number of carbonyl (C=O) groups excluding carboxylic acids is 1. The van der Waals surface area contributed by atoms with E-state index in [9.17, 15) is 9.18 Å². The highest BCUT2D eigenvalue weighted by Gasteiger charge is 2.25. The van der Waals surface area contributed by atoms with Crippen LogP contribution in [0.3, 0.4) is 0 Å². The van der Waals surface area contributed by atoms with Crippen molar-refractivity contribution in [2.75, 3.05) is 23.3 Å². The van der Waals surface area contributed by atoms with Gasteiger partial charge in [0, 0.05) is 48.5 Å². The van der Waals surface area contributed by atoms with Gasteiger partial charge >= 0.3 is 0 Å². The van der Waals surface area contributed by atoms with E-state index in [1.54, 1.807) is 12.3 Å². The van der Waals surface area contributed by atoms with Crippen molar-refractivity contribution in [2.45, 2.75) is 25.3 Å². The quantitative estimate of drug-likeness (QED) is 0.518. The Bertz CT molecular complexity index is 1340. The maximum absolute atomic E-state index is 14.0. The lowest BCUT2D eigenvalue weighted by molar-refractivity contribution is 0.103. The lowest BCUT2D eigenvalue weighted by Gasteiger charge is -2.32. The van der Waals surface area contributed by atoms with E-state index in [1.807, 2.05) is 34.0 Å². The predicted molar refractivity (Wildman–Crippen MR) is 122 cm³/mol. The molecular formula is C25H22FN5O. The molecule has 2 aromatic heterocycles. The Labute approximate surface area is 184 Å². The van der Waals surface area contributed by atoms with E-state index in [2.05, 4.69) is 33.7 Å². The molecule has 0 aliphatic carbocycles. The molecule has 6 nitrogen and oxygen atoms in total. The third-order valence-electron chi connectivity index (χ3n) is 6.55. The van der Waals surface area contributed by atoms with E-state index in [-0.39, 0.29) is 11.7 Å². The third-order valence-corrected chi connectivity index (χ3v) is 6.55. The Morgan fingerprint density at radius 2 is 1.97 bits per heavy atom. The molecule has 0 spiro atoms. The molecule has 6 rings (SSSR count). The summed E-state index contributed by atoms with van der Waals surface area (Å²) >= 11 is 0. The second-order valence-corrected chi connectivity index (χ2v) is 8.49. The number of nitrogens with one attached hydrogen (secondary N) is 1. The molecule has 0 bridgehead atoms. The average molecular weight is 427 g/mol. The fourth-order valence-corrected chi connectivity index (χ4v) is 4.94. The number of piperidine rings is 1. The van der Waals surface area contributed by atoms with E-state index >= 15 is 0 Å². The highest BCUT2D eigenvalue weighted by Crippen LogP contribution is 2.35. The first-order valence-corrected chi connectivity index (χ1v) is 10.9. The Kier molecular flexibility index (Phi) is 4.41. The second kappa shape index (κ2) is 7.44. The van der Waals surface area contributed by atoms with Gasteiger partial charge in [-0.05, 0) is 53.6 Å². The van der Waals surface area contributed by atoms with Crippen LogP contribution in [0.5, 0.6) is 0 Å². The molecule has 0 saturated carbocycles. The first-order chi connectivity index (χ1) is 15.7. The van der Waals surface area contributed by atoms with Crippen LogP contribution in [0.4, 0.5) is 15.9 Å². The summed E-state index contributed by atoms with van der Waals surface area (Å²) in [5, 5.41) is 9.69. The first kappa shape index (κ1) is 19.0. The van der Waals surface area contributed by atoms with Gasteiger partial charge in [0.15, 0.2) is 11.6 Å². The molecule has 1 saturated heterocycles. The summed E-state index contributed by atoms with van der Waals surface area (Å²) < 4.78 is 16.1. The van der Waals surface area contributed by atoms with Gasteiger partial charge in [-0.25, -0.2) is 9.37 Å². The summed E-state index contributed by atoms with van der Waals surface area (Å²) in [6.45, 7) is 1.51. The van der Waals surface area contributed by atoms with Crippen molar-refractivity contribution in [3.63, 3.8) is 0 Å². The second-order valence-electron chi connectivity index (χ2n) is 8.49. The summed E-state index contributed by atoms with van der Waals surface area (Å²) in [4.78, 5) is 18.4. The Morgan fingerprint density at radius 1 is 1.09 bits per heavy atom. The molecule has 7 heteroatoms. The molecule has 2 aromatic carbocycles. The number of benzene rings is 2. The van der Waals surface area contributed by atoms with Gasteiger partial charge in [-0.1, -0.05) is 18.2 Å². The maximum atomic E-state index is 14.0. The minimum absolute atomic E-state index is 0.0347. The molecule has 1 amide bonds. The smallest absolute Gasteiger partial charge is 0.256 e. The van der Waals surface area contributed by atoms with Crippen LogP contribution in [0.2, 0.25) is 0 Å². The number of anilines is 2. The Morgan fingerprint density at radius 3 is 2.81 bits per heavy atom. The summed E-state index contributed by atoms with van der Waals surface area (Å²) in [7, 11) is 0. The fraction of sp³-hybridized carbons (Fsp3) is 0.240. The highest BCUT2D eigenvalue weighted by molar-refractivity contribution is 6.24. The number of amides is 1. The molecule has 4 aromatic rings. The highest BCUT2D eigenvalue weighted by atomic mass is 19.1. The number of rotatable bonds is 4. The van der Waals surface area contributed by atoms with Crippen LogP contribution in [0.15, 0.2) is 61.1 Å². The zero-order chi connectivity index (χ0) is 21.7. The van der Waals surface area contributed by atoms with E-state index < -0.39 is 0 Å². The number of hydrogen-bond donors (Lipinski definition) is 1. The molecule has 2 aliphatic heterocycles. The molecule has 0 unspecified atom stereocenters. The molecule has 0 atom stereocenters. The third kappa shape index (κ3) is 3.12. The van der Waals surface area contributed by atoms with Gasteiger partial charge < -0.3 is 10.2 Å². The van der Waals surface area contributed by atoms with Crippen molar-refractivity contribution in [1.29, 1.82) is 0 Å². The van der Waals surface area contributed by atoms with Crippen LogP contribution in [0.1, 0.15) is 40.4 Å². The van der Waals surface area contributed by atoms with E-state index in [4.69, 9.17) is 0 Å². The molecule has 1 fully saturated rings. The van der Waals surface area contributed by atoms with Gasteiger partial charge in [0.1, 0.15) is 0 Å². The number of pyridine rings is 1. The van der Waals surface area contributed by atoms with Gasteiger partial charge in [0.05, 0.1) is 12.2 Å². The van der Waals surface area contributed by atoms with Crippen LogP contribution < -0.4 is 10.2 Å². The summed E-state index contributed by atoms with van der Waals surface area (Å²) in [6.07, 6.45) is 8.23. The lowest BCUT2D eigenvalue weighted by Crippen LogP contribution is -2.35. The molecule has 0 radical (unpaired) electrons. The molecular weight excluding hydrogens is 405 g/mol. The number of carbonyl (C=O) groups is 1. The minimum atomic E-state index is -0.269. The number of aromatic nitrogens is 3. The SMILES string of the molecule is O=C1Nc2ccc(Cc3cnn(C4CCN(c5ncccc5F)CC4)c3)c3cccc1c23. The van der Waals surface area contributed by atoms with Gasteiger partial charge in [-0.3, -0.25) is 9.48 Å². The Hall–Kier alpha value is -3.74. The topological polar surface area (TPSA) is 63.1 Å². The molecule has 1 N–H and O–H groups in total. The van der Waals surface area contributed by atoms with Crippen molar-refractivity contribution in [3.8, 4) is 0 Å². The Balaban J connectivity index is 1.19. The van der Waals surface area contributed by atoms with Crippen molar-refractivity contribution >= 4 is 28.2 Å². The van der Waals surface area contributed by atoms with Crippen LogP contribution >= 0.6 is 0 Å². The lowest BCUT2D eigenvalue weighted by atomic mass is 9.97. The van der Waals surface area contributed by atoms with Gasteiger partial charge in [0.25, 0.3) is 5.91 Å². The van der Waals surface area contributed by atoms with Gasteiger partial charge in [-0.15, -0.1) is 0 Å². The summed E-state index contributed by atoms with van der Waals surface area (Å²) in [5.41, 5.74) is 3.95. The number of hydrogen-bond acceptors (Lipinski definition) is 4. The van der Waals surface area contributed by atoms with Gasteiger partial charge in [-0.2, -0.15) is 5.10 Å². The van der Waals surface area contributed by atoms with Crippen molar-refractivity contribution in [1.82, 2.24) is 14.8 Å². The first-order valence-electron chi connectivity index (χ1n) is 10.9. The molecule has 4 heterocycles. The number of nitrogens with zero attached hydrogens (tertiary/aromatic N) is 4. The summed E-state index contributed by atoms with van der Waals surface area (Å²) in [6, 6.07) is 13.3. The van der Waals surface area contributed by atoms with Gasteiger partial charge in [0.2, 0.25) is 0 Å². The monoisotopic (exact) mass is 427 g/mol. The standard InChI is InChI=1S/C25H22FN5O/c26-21-5-2-10-27-24(21)30-11-8-18(9-12-30)31-15-16(14-28-31)13-17-6-7-22-23-19(17)3-1-4-20(23)25(32)29-22/h1-7,10,14-15,18H,8-9,11-13H2,(H,29,32).